The van der Waals surface area contributed by atoms with Gasteiger partial charge in [0.15, 0.2) is 0 Å². The largest absolute Gasteiger partial charge is 0.353 e. The third-order valence-electron chi connectivity index (χ3n) is 4.52. The summed E-state index contributed by atoms with van der Waals surface area (Å²) in [7, 11) is 0. The van der Waals surface area contributed by atoms with Gasteiger partial charge in [-0.3, -0.25) is 4.79 Å². The molecule has 4 nitrogen and oxygen atoms in total. The van der Waals surface area contributed by atoms with Crippen LogP contribution in [0.4, 0.5) is 0 Å². The standard InChI is InChI=1S/C14H27N3O/c15-10-6-8-11(9-7-10)17-14(18)12-4-2-1-3-5-13(12)16/h10-13H,1-9,15-16H2,(H,17,18). The number of nitrogens with two attached hydrogens (primary N) is 2. The van der Waals surface area contributed by atoms with E-state index in [1.54, 1.807) is 0 Å². The Bertz CT molecular complexity index is 274. The number of carbonyl (C=O) groups is 1. The molecule has 2 aliphatic rings. The van der Waals surface area contributed by atoms with Crippen molar-refractivity contribution in [2.45, 2.75) is 75.9 Å². The number of amides is 1. The maximum absolute atomic E-state index is 12.3. The van der Waals surface area contributed by atoms with Crippen LogP contribution in [0, 0.1) is 5.92 Å². The molecule has 0 aromatic rings. The lowest BCUT2D eigenvalue weighted by Crippen LogP contribution is -2.47. The summed E-state index contributed by atoms with van der Waals surface area (Å²) >= 11 is 0. The van der Waals surface area contributed by atoms with Gasteiger partial charge in [-0.2, -0.15) is 0 Å². The van der Waals surface area contributed by atoms with Gasteiger partial charge in [-0.05, 0) is 38.5 Å². The van der Waals surface area contributed by atoms with Gasteiger partial charge in [-0.15, -0.1) is 0 Å². The molecule has 2 atom stereocenters. The maximum Gasteiger partial charge on any atom is 0.224 e. The van der Waals surface area contributed by atoms with Crippen molar-refractivity contribution in [1.29, 1.82) is 0 Å². The van der Waals surface area contributed by atoms with Crippen molar-refractivity contribution in [2.75, 3.05) is 0 Å². The zero-order valence-corrected chi connectivity index (χ0v) is 11.2. The van der Waals surface area contributed by atoms with Crippen LogP contribution in [0.15, 0.2) is 0 Å². The molecule has 5 N–H and O–H groups in total. The van der Waals surface area contributed by atoms with Crippen molar-refractivity contribution in [2.24, 2.45) is 17.4 Å². The Kier molecular flexibility index (Phi) is 5.01. The Morgan fingerprint density at radius 3 is 2.28 bits per heavy atom. The SMILES string of the molecule is NC1CCC(NC(=O)C2CCCCCC2N)CC1. The quantitative estimate of drug-likeness (QED) is 0.648. The van der Waals surface area contributed by atoms with Gasteiger partial charge in [-0.25, -0.2) is 0 Å². The van der Waals surface area contributed by atoms with Crippen molar-refractivity contribution >= 4 is 5.91 Å². The molecule has 1 amide bonds. The molecule has 2 unspecified atom stereocenters. The highest BCUT2D eigenvalue weighted by Crippen LogP contribution is 2.23. The van der Waals surface area contributed by atoms with E-state index in [4.69, 9.17) is 11.5 Å². The smallest absolute Gasteiger partial charge is 0.224 e. The summed E-state index contributed by atoms with van der Waals surface area (Å²) in [6.07, 6.45) is 9.58. The zero-order valence-electron chi connectivity index (χ0n) is 11.2. The number of carbonyl (C=O) groups excluding carboxylic acids is 1. The number of hydrogen-bond acceptors (Lipinski definition) is 3. The molecule has 0 aliphatic heterocycles. The van der Waals surface area contributed by atoms with Crippen molar-refractivity contribution in [1.82, 2.24) is 5.32 Å². The molecule has 0 aromatic heterocycles. The van der Waals surface area contributed by atoms with E-state index in [1.807, 2.05) is 0 Å². The van der Waals surface area contributed by atoms with E-state index in [2.05, 4.69) is 5.32 Å². The molecule has 104 valence electrons. The predicted molar refractivity (Wildman–Crippen MR) is 72.9 cm³/mol. The van der Waals surface area contributed by atoms with Crippen molar-refractivity contribution in [3.63, 3.8) is 0 Å². The fourth-order valence-corrected chi connectivity index (χ4v) is 3.23. The summed E-state index contributed by atoms with van der Waals surface area (Å²) in [5, 5.41) is 3.19. The summed E-state index contributed by atoms with van der Waals surface area (Å²) < 4.78 is 0. The topological polar surface area (TPSA) is 81.1 Å². The normalized spacial score (nSPS) is 37.9. The van der Waals surface area contributed by atoms with E-state index in [-0.39, 0.29) is 17.9 Å². The third-order valence-corrected chi connectivity index (χ3v) is 4.52. The number of hydrogen-bond donors (Lipinski definition) is 3. The van der Waals surface area contributed by atoms with Crippen LogP contribution in [0.3, 0.4) is 0 Å². The first kappa shape index (κ1) is 13.8. The molecular formula is C14H27N3O. The van der Waals surface area contributed by atoms with Gasteiger partial charge in [0.1, 0.15) is 0 Å². The summed E-state index contributed by atoms with van der Waals surface area (Å²) in [6.45, 7) is 0. The van der Waals surface area contributed by atoms with Gasteiger partial charge in [0.25, 0.3) is 0 Å². The lowest BCUT2D eigenvalue weighted by molar-refractivity contribution is -0.126. The molecule has 0 spiro atoms. The van der Waals surface area contributed by atoms with Crippen LogP contribution < -0.4 is 16.8 Å². The second-order valence-corrected chi connectivity index (χ2v) is 6.03. The Morgan fingerprint density at radius 2 is 1.56 bits per heavy atom. The minimum Gasteiger partial charge on any atom is -0.353 e. The molecule has 0 saturated heterocycles. The first-order chi connectivity index (χ1) is 8.66. The second kappa shape index (κ2) is 6.53. The van der Waals surface area contributed by atoms with E-state index in [0.717, 1.165) is 44.9 Å². The first-order valence-corrected chi connectivity index (χ1v) is 7.48. The van der Waals surface area contributed by atoms with E-state index in [0.29, 0.717) is 12.1 Å². The lowest BCUT2D eigenvalue weighted by Gasteiger charge is -2.29. The average molecular weight is 253 g/mol. The minimum atomic E-state index is 0.0306. The van der Waals surface area contributed by atoms with E-state index in [1.165, 1.54) is 12.8 Å². The van der Waals surface area contributed by atoms with E-state index >= 15 is 0 Å². The zero-order chi connectivity index (χ0) is 13.0. The molecule has 0 heterocycles. The third kappa shape index (κ3) is 3.69. The Morgan fingerprint density at radius 1 is 0.889 bits per heavy atom. The van der Waals surface area contributed by atoms with Crippen LogP contribution in [0.5, 0.6) is 0 Å². The first-order valence-electron chi connectivity index (χ1n) is 7.48. The minimum absolute atomic E-state index is 0.0306. The fraction of sp³-hybridized carbons (Fsp3) is 0.929. The van der Waals surface area contributed by atoms with Crippen molar-refractivity contribution in [3.05, 3.63) is 0 Å². The lowest BCUT2D eigenvalue weighted by atomic mass is 9.90. The molecular weight excluding hydrogens is 226 g/mol. The molecule has 0 aromatic carbocycles. The molecule has 0 bridgehead atoms. The molecule has 2 aliphatic carbocycles. The van der Waals surface area contributed by atoms with Crippen molar-refractivity contribution < 1.29 is 4.79 Å². The summed E-state index contributed by atoms with van der Waals surface area (Å²) in [5.74, 6) is 0.216. The van der Waals surface area contributed by atoms with E-state index in [9.17, 15) is 4.79 Å². The molecule has 4 heteroatoms. The van der Waals surface area contributed by atoms with E-state index < -0.39 is 0 Å². The van der Waals surface area contributed by atoms with Gasteiger partial charge in [0, 0.05) is 18.1 Å². The molecule has 2 saturated carbocycles. The van der Waals surface area contributed by atoms with Crippen LogP contribution in [-0.2, 0) is 4.79 Å². The second-order valence-electron chi connectivity index (χ2n) is 6.03. The molecule has 18 heavy (non-hydrogen) atoms. The van der Waals surface area contributed by atoms with Gasteiger partial charge in [-0.1, -0.05) is 19.3 Å². The van der Waals surface area contributed by atoms with Crippen LogP contribution >= 0.6 is 0 Å². The molecule has 2 rings (SSSR count). The summed E-state index contributed by atoms with van der Waals surface area (Å²) in [4.78, 5) is 12.3. The van der Waals surface area contributed by atoms with Crippen LogP contribution in [0.2, 0.25) is 0 Å². The summed E-state index contributed by atoms with van der Waals surface area (Å²) in [5.41, 5.74) is 12.0. The Labute approximate surface area is 110 Å². The van der Waals surface area contributed by atoms with Crippen LogP contribution in [0.1, 0.15) is 57.8 Å². The molecule has 0 radical (unpaired) electrons. The van der Waals surface area contributed by atoms with Crippen LogP contribution in [0.25, 0.3) is 0 Å². The highest BCUT2D eigenvalue weighted by Gasteiger charge is 2.29. The average Bonchev–Trinajstić information content (AvgIpc) is 2.57. The maximum atomic E-state index is 12.3. The van der Waals surface area contributed by atoms with Crippen molar-refractivity contribution in [3.8, 4) is 0 Å². The highest BCUT2D eigenvalue weighted by molar-refractivity contribution is 5.79. The predicted octanol–water partition coefficient (Wildman–Crippen LogP) is 1.28. The van der Waals surface area contributed by atoms with Gasteiger partial charge in [0.2, 0.25) is 5.91 Å². The molecule has 2 fully saturated rings. The summed E-state index contributed by atoms with van der Waals surface area (Å²) in [6, 6.07) is 0.712. The van der Waals surface area contributed by atoms with Crippen LogP contribution in [-0.4, -0.2) is 24.0 Å². The Hall–Kier alpha value is -0.610. The highest BCUT2D eigenvalue weighted by atomic mass is 16.2. The Balaban J connectivity index is 1.82. The number of rotatable bonds is 2. The van der Waals surface area contributed by atoms with Gasteiger partial charge >= 0.3 is 0 Å². The fourth-order valence-electron chi connectivity index (χ4n) is 3.23. The monoisotopic (exact) mass is 253 g/mol. The van der Waals surface area contributed by atoms with Gasteiger partial charge in [0.05, 0.1) is 5.92 Å². The van der Waals surface area contributed by atoms with Gasteiger partial charge < -0.3 is 16.8 Å². The number of nitrogens with one attached hydrogen (secondary N) is 1.